The highest BCUT2D eigenvalue weighted by atomic mass is 35.5. The largest absolute Gasteiger partial charge is 0.497 e. The van der Waals surface area contributed by atoms with E-state index in [0.29, 0.717) is 17.4 Å². The minimum absolute atomic E-state index is 0. The van der Waals surface area contributed by atoms with Gasteiger partial charge in [0.25, 0.3) is 5.91 Å². The van der Waals surface area contributed by atoms with Gasteiger partial charge in [0, 0.05) is 19.2 Å². The van der Waals surface area contributed by atoms with Crippen molar-refractivity contribution in [3.8, 4) is 11.5 Å². The van der Waals surface area contributed by atoms with Crippen molar-refractivity contribution in [3.63, 3.8) is 0 Å². The number of carbonyl (C=O) groups is 1. The molecule has 0 aliphatic rings. The quantitative estimate of drug-likeness (QED) is 0.555. The molecule has 1 aromatic heterocycles. The molecule has 8 heteroatoms. The number of nitrogens with zero attached hydrogens (tertiary/aromatic N) is 3. The van der Waals surface area contributed by atoms with Crippen LogP contribution in [0.15, 0.2) is 48.5 Å². The van der Waals surface area contributed by atoms with Gasteiger partial charge in [-0.05, 0) is 38.4 Å². The number of aromatic nitrogens is 1. The zero-order valence-electron chi connectivity index (χ0n) is 16.1. The van der Waals surface area contributed by atoms with Crippen molar-refractivity contribution < 1.29 is 14.3 Å². The number of methoxy groups -OCH3 is 1. The summed E-state index contributed by atoms with van der Waals surface area (Å²) in [7, 11) is 5.58. The average Bonchev–Trinajstić information content (AvgIpc) is 3.09. The van der Waals surface area contributed by atoms with Gasteiger partial charge >= 0.3 is 0 Å². The molecule has 0 aliphatic heterocycles. The molecule has 0 saturated heterocycles. The number of rotatable bonds is 8. The first-order valence-electron chi connectivity index (χ1n) is 8.64. The molecule has 28 heavy (non-hydrogen) atoms. The Labute approximate surface area is 175 Å². The fourth-order valence-electron chi connectivity index (χ4n) is 2.50. The second-order valence-electron chi connectivity index (χ2n) is 6.28. The van der Waals surface area contributed by atoms with E-state index in [4.69, 9.17) is 9.47 Å². The van der Waals surface area contributed by atoms with Crippen LogP contribution in [-0.2, 0) is 4.79 Å². The lowest BCUT2D eigenvalue weighted by atomic mass is 10.3. The molecule has 0 unspecified atom stereocenters. The predicted octanol–water partition coefficient (Wildman–Crippen LogP) is 3.70. The summed E-state index contributed by atoms with van der Waals surface area (Å²) in [5.41, 5.74) is 0.820. The Kier molecular flexibility index (Phi) is 8.04. The maximum atomic E-state index is 12.9. The second kappa shape index (κ2) is 10.3. The topological polar surface area (TPSA) is 54.9 Å². The van der Waals surface area contributed by atoms with Gasteiger partial charge < -0.3 is 14.4 Å². The first-order chi connectivity index (χ1) is 13.1. The molecule has 2 aromatic carbocycles. The summed E-state index contributed by atoms with van der Waals surface area (Å²) in [4.78, 5) is 21.2. The highest BCUT2D eigenvalue weighted by Gasteiger charge is 2.20. The molecule has 150 valence electrons. The molecular formula is C20H24ClN3O3S. The zero-order valence-corrected chi connectivity index (χ0v) is 17.8. The summed E-state index contributed by atoms with van der Waals surface area (Å²) in [6.07, 6.45) is 0. The lowest BCUT2D eigenvalue weighted by Crippen LogP contribution is -2.39. The van der Waals surface area contributed by atoms with Gasteiger partial charge in [-0.15, -0.1) is 12.4 Å². The Morgan fingerprint density at radius 1 is 1.07 bits per heavy atom. The lowest BCUT2D eigenvalue weighted by molar-refractivity contribution is -0.120. The summed E-state index contributed by atoms with van der Waals surface area (Å²) in [6, 6.07) is 15.1. The minimum atomic E-state index is -0.119. The predicted molar refractivity (Wildman–Crippen MR) is 116 cm³/mol. The molecule has 0 aliphatic carbocycles. The summed E-state index contributed by atoms with van der Waals surface area (Å²) in [5.74, 6) is 1.30. The maximum Gasteiger partial charge on any atom is 0.266 e. The minimum Gasteiger partial charge on any atom is -0.497 e. The van der Waals surface area contributed by atoms with Crippen molar-refractivity contribution >= 4 is 45.0 Å². The maximum absolute atomic E-state index is 12.9. The molecule has 0 fully saturated rings. The average molecular weight is 422 g/mol. The molecule has 6 nitrogen and oxygen atoms in total. The van der Waals surface area contributed by atoms with Crippen molar-refractivity contribution in [1.29, 1.82) is 0 Å². The number of anilines is 1. The SMILES string of the molecule is COc1ccc2sc(N(CCN(C)C)C(=O)COc3ccccc3)nc2c1.Cl. The van der Waals surface area contributed by atoms with Crippen LogP contribution >= 0.6 is 23.7 Å². The third kappa shape index (κ3) is 5.58. The molecular weight excluding hydrogens is 398 g/mol. The number of carbonyl (C=O) groups excluding carboxylic acids is 1. The van der Waals surface area contributed by atoms with E-state index >= 15 is 0 Å². The number of benzene rings is 2. The Bertz CT molecular complexity index is 902. The van der Waals surface area contributed by atoms with Gasteiger partial charge in [0.15, 0.2) is 11.7 Å². The Morgan fingerprint density at radius 2 is 1.82 bits per heavy atom. The monoisotopic (exact) mass is 421 g/mol. The van der Waals surface area contributed by atoms with Crippen molar-refractivity contribution in [2.24, 2.45) is 0 Å². The van der Waals surface area contributed by atoms with Crippen molar-refractivity contribution in [1.82, 2.24) is 9.88 Å². The number of amides is 1. The number of likely N-dealkylation sites (N-methyl/N-ethyl adjacent to an activating group) is 1. The number of hydrogen-bond acceptors (Lipinski definition) is 6. The van der Waals surface area contributed by atoms with Gasteiger partial charge in [-0.25, -0.2) is 4.98 Å². The van der Waals surface area contributed by atoms with Crippen molar-refractivity contribution in [2.45, 2.75) is 0 Å². The normalized spacial score (nSPS) is 10.6. The van der Waals surface area contributed by atoms with E-state index in [-0.39, 0.29) is 24.9 Å². The van der Waals surface area contributed by atoms with Crippen LogP contribution in [0.4, 0.5) is 5.13 Å². The smallest absolute Gasteiger partial charge is 0.266 e. The molecule has 3 rings (SSSR count). The Hall–Kier alpha value is -2.35. The molecule has 0 spiro atoms. The van der Waals surface area contributed by atoms with Crippen LogP contribution in [0.2, 0.25) is 0 Å². The number of halogens is 1. The molecule has 0 atom stereocenters. The van der Waals surface area contributed by atoms with Crippen molar-refractivity contribution in [2.75, 3.05) is 45.8 Å². The van der Waals surface area contributed by atoms with E-state index in [1.165, 1.54) is 11.3 Å². The Balaban J connectivity index is 0.00000280. The number of hydrogen-bond donors (Lipinski definition) is 0. The van der Waals surface area contributed by atoms with Gasteiger partial charge in [-0.1, -0.05) is 29.5 Å². The second-order valence-corrected chi connectivity index (χ2v) is 7.29. The number of thiazole rings is 1. The zero-order chi connectivity index (χ0) is 19.2. The lowest BCUT2D eigenvalue weighted by Gasteiger charge is -2.22. The molecule has 1 amide bonds. The van der Waals surface area contributed by atoms with Crippen LogP contribution in [0, 0.1) is 0 Å². The van der Waals surface area contributed by atoms with Crippen LogP contribution < -0.4 is 14.4 Å². The van der Waals surface area contributed by atoms with E-state index in [9.17, 15) is 4.79 Å². The van der Waals surface area contributed by atoms with E-state index < -0.39 is 0 Å². The summed E-state index contributed by atoms with van der Waals surface area (Å²) in [5, 5.41) is 0.668. The van der Waals surface area contributed by atoms with Crippen LogP contribution in [0.1, 0.15) is 0 Å². The molecule has 3 aromatic rings. The Morgan fingerprint density at radius 3 is 2.50 bits per heavy atom. The number of para-hydroxylation sites is 1. The number of ether oxygens (including phenoxy) is 2. The molecule has 0 saturated carbocycles. The number of fused-ring (bicyclic) bond motifs is 1. The van der Waals surface area contributed by atoms with Gasteiger partial charge in [0.05, 0.1) is 17.3 Å². The van der Waals surface area contributed by atoms with Crippen LogP contribution in [0.25, 0.3) is 10.2 Å². The molecule has 0 N–H and O–H groups in total. The highest BCUT2D eigenvalue weighted by molar-refractivity contribution is 7.22. The fraction of sp³-hybridized carbons (Fsp3) is 0.300. The summed E-state index contributed by atoms with van der Waals surface area (Å²) < 4.78 is 11.9. The van der Waals surface area contributed by atoms with E-state index in [2.05, 4.69) is 4.98 Å². The van der Waals surface area contributed by atoms with Crippen LogP contribution in [0.3, 0.4) is 0 Å². The summed E-state index contributed by atoms with van der Waals surface area (Å²) in [6.45, 7) is 1.24. The summed E-state index contributed by atoms with van der Waals surface area (Å²) >= 11 is 1.49. The molecule has 0 bridgehead atoms. The van der Waals surface area contributed by atoms with Gasteiger partial charge in [0.2, 0.25) is 0 Å². The third-order valence-corrected chi connectivity index (χ3v) is 5.05. The van der Waals surface area contributed by atoms with Crippen LogP contribution in [-0.4, -0.2) is 56.7 Å². The van der Waals surface area contributed by atoms with Crippen molar-refractivity contribution in [3.05, 3.63) is 48.5 Å². The standard InChI is InChI=1S/C20H23N3O3S.ClH/c1-22(2)11-12-23(19(24)14-26-15-7-5-4-6-8-15)20-21-17-13-16(25-3)9-10-18(17)27-20;/h4-10,13H,11-12,14H2,1-3H3;1H. The first-order valence-corrected chi connectivity index (χ1v) is 9.46. The van der Waals surface area contributed by atoms with E-state index in [1.54, 1.807) is 12.0 Å². The highest BCUT2D eigenvalue weighted by Crippen LogP contribution is 2.31. The molecule has 0 radical (unpaired) electrons. The van der Waals surface area contributed by atoms with Gasteiger partial charge in [-0.3, -0.25) is 9.69 Å². The van der Waals surface area contributed by atoms with Crippen LogP contribution in [0.5, 0.6) is 11.5 Å². The molecule has 1 heterocycles. The third-order valence-electron chi connectivity index (χ3n) is 3.99. The van der Waals surface area contributed by atoms with Gasteiger partial charge in [0.1, 0.15) is 11.5 Å². The fourth-order valence-corrected chi connectivity index (χ4v) is 3.49. The first kappa shape index (κ1) is 21.9. The van der Waals surface area contributed by atoms with Gasteiger partial charge in [-0.2, -0.15) is 0 Å². The van der Waals surface area contributed by atoms with E-state index in [0.717, 1.165) is 22.5 Å². The van der Waals surface area contributed by atoms with E-state index in [1.807, 2.05) is 67.5 Å².